The van der Waals surface area contributed by atoms with Crippen molar-refractivity contribution < 1.29 is 17.6 Å². The first-order valence-corrected chi connectivity index (χ1v) is 11.6. The number of nitrogens with one attached hydrogen (secondary N) is 1. The summed E-state index contributed by atoms with van der Waals surface area (Å²) in [6.45, 7) is 4.84. The van der Waals surface area contributed by atoms with Gasteiger partial charge in [-0.2, -0.15) is 18.4 Å². The first-order valence-electron chi connectivity index (χ1n) is 10.1. The number of amides is 1. The highest BCUT2D eigenvalue weighted by Gasteiger charge is 2.31. The molecule has 0 bridgehead atoms. The largest absolute Gasteiger partial charge is 0.455 e. The topological polar surface area (TPSA) is 95.2 Å². The number of likely N-dealkylation sites (N-methyl/N-ethyl adjacent to an activating group) is 1. The fourth-order valence-electron chi connectivity index (χ4n) is 3.90. The van der Waals surface area contributed by atoms with E-state index in [9.17, 15) is 13.2 Å². The first kappa shape index (κ1) is 20.6. The molecular formula is C21H26N4O4S. The Bertz CT molecular complexity index is 1070. The average molecular weight is 431 g/mol. The van der Waals surface area contributed by atoms with Gasteiger partial charge >= 0.3 is 0 Å². The summed E-state index contributed by atoms with van der Waals surface area (Å²) in [5, 5.41) is 4.22. The Kier molecular flexibility index (Phi) is 5.66. The number of hydrazone groups is 1. The molecule has 0 saturated carbocycles. The van der Waals surface area contributed by atoms with E-state index in [0.29, 0.717) is 43.2 Å². The fourth-order valence-corrected chi connectivity index (χ4v) is 4.76. The average Bonchev–Trinajstić information content (AvgIpc) is 3.10. The van der Waals surface area contributed by atoms with E-state index in [4.69, 9.17) is 4.42 Å². The van der Waals surface area contributed by atoms with E-state index in [1.807, 2.05) is 18.9 Å². The lowest BCUT2D eigenvalue weighted by Crippen LogP contribution is -2.47. The van der Waals surface area contributed by atoms with E-state index >= 15 is 0 Å². The van der Waals surface area contributed by atoms with Gasteiger partial charge in [0.1, 0.15) is 5.76 Å². The van der Waals surface area contributed by atoms with Crippen LogP contribution in [0, 0.1) is 6.92 Å². The highest BCUT2D eigenvalue weighted by Crippen LogP contribution is 2.30. The van der Waals surface area contributed by atoms with Crippen molar-refractivity contribution in [3.05, 3.63) is 53.0 Å². The normalized spacial score (nSPS) is 19.0. The predicted molar refractivity (Wildman–Crippen MR) is 113 cm³/mol. The summed E-state index contributed by atoms with van der Waals surface area (Å²) in [6.07, 6.45) is 2.11. The van der Waals surface area contributed by atoms with Crippen LogP contribution in [0.3, 0.4) is 0 Å². The molecule has 9 heteroatoms. The molecule has 1 aromatic carbocycles. The van der Waals surface area contributed by atoms with E-state index < -0.39 is 10.0 Å². The molecule has 1 N–H and O–H groups in total. The molecule has 1 aliphatic carbocycles. The van der Waals surface area contributed by atoms with E-state index in [-0.39, 0.29) is 10.8 Å². The Morgan fingerprint density at radius 1 is 1.10 bits per heavy atom. The summed E-state index contributed by atoms with van der Waals surface area (Å²) in [6, 6.07) is 8.12. The standard InChI is InChI=1S/C21H26N4O4S/c1-15-19-17(22-23-30(27,28)16-7-4-3-5-8-16)9-6-10-18(19)29-20(15)21(26)25-13-11-24(2)12-14-25/h3-5,7-8,23H,6,9-14H2,1-2H3/b22-17+. The van der Waals surface area contributed by atoms with Crippen LogP contribution in [0.25, 0.3) is 0 Å². The predicted octanol–water partition coefficient (Wildman–Crippen LogP) is 1.99. The Hall–Kier alpha value is -2.65. The number of furan rings is 1. The van der Waals surface area contributed by atoms with Gasteiger partial charge in [-0.05, 0) is 38.9 Å². The van der Waals surface area contributed by atoms with Gasteiger partial charge in [-0.1, -0.05) is 18.2 Å². The maximum atomic E-state index is 13.0. The highest BCUT2D eigenvalue weighted by molar-refractivity contribution is 7.89. The number of aryl methyl sites for hydroxylation is 1. The number of hydrogen-bond acceptors (Lipinski definition) is 6. The zero-order valence-electron chi connectivity index (χ0n) is 17.2. The monoisotopic (exact) mass is 430 g/mol. The summed E-state index contributed by atoms with van der Waals surface area (Å²) in [4.78, 5) is 19.5. The maximum Gasteiger partial charge on any atom is 0.289 e. The molecule has 0 radical (unpaired) electrons. The van der Waals surface area contributed by atoms with E-state index in [0.717, 1.165) is 30.6 Å². The van der Waals surface area contributed by atoms with Gasteiger partial charge in [-0.25, -0.2) is 0 Å². The third-order valence-electron chi connectivity index (χ3n) is 5.66. The van der Waals surface area contributed by atoms with E-state index in [2.05, 4.69) is 14.8 Å². The van der Waals surface area contributed by atoms with Crippen molar-refractivity contribution >= 4 is 21.6 Å². The minimum Gasteiger partial charge on any atom is -0.455 e. The third kappa shape index (κ3) is 3.99. The van der Waals surface area contributed by atoms with E-state index in [1.165, 1.54) is 12.1 Å². The van der Waals surface area contributed by atoms with Crippen molar-refractivity contribution in [3.63, 3.8) is 0 Å². The number of carbonyl (C=O) groups excluding carboxylic acids is 1. The van der Waals surface area contributed by atoms with Crippen LogP contribution in [0.4, 0.5) is 0 Å². The summed E-state index contributed by atoms with van der Waals surface area (Å²) in [5.74, 6) is 0.929. The van der Waals surface area contributed by atoms with Gasteiger partial charge in [0.15, 0.2) is 5.76 Å². The number of benzene rings is 1. The van der Waals surface area contributed by atoms with E-state index in [1.54, 1.807) is 18.2 Å². The van der Waals surface area contributed by atoms with Crippen molar-refractivity contribution in [1.82, 2.24) is 14.6 Å². The zero-order chi connectivity index (χ0) is 21.3. The molecule has 160 valence electrons. The van der Waals surface area contributed by atoms with Crippen LogP contribution in [-0.4, -0.2) is 63.1 Å². The number of rotatable bonds is 4. The number of sulfonamides is 1. The number of fused-ring (bicyclic) bond motifs is 1. The Morgan fingerprint density at radius 3 is 2.50 bits per heavy atom. The van der Waals surface area contributed by atoms with Crippen LogP contribution in [0.5, 0.6) is 0 Å². The Morgan fingerprint density at radius 2 is 1.80 bits per heavy atom. The van der Waals surface area contributed by atoms with Crippen molar-refractivity contribution in [1.29, 1.82) is 0 Å². The van der Waals surface area contributed by atoms with Gasteiger partial charge in [-0.15, -0.1) is 0 Å². The fraction of sp³-hybridized carbons (Fsp3) is 0.429. The maximum absolute atomic E-state index is 13.0. The lowest BCUT2D eigenvalue weighted by atomic mass is 9.93. The van der Waals surface area contributed by atoms with Crippen LogP contribution in [0.2, 0.25) is 0 Å². The minimum atomic E-state index is -3.75. The van der Waals surface area contributed by atoms with Crippen molar-refractivity contribution in [2.75, 3.05) is 33.2 Å². The molecule has 1 aromatic heterocycles. The minimum absolute atomic E-state index is 0.112. The molecule has 1 fully saturated rings. The Balaban J connectivity index is 1.60. The molecule has 8 nitrogen and oxygen atoms in total. The van der Waals surface area contributed by atoms with Crippen LogP contribution in [-0.2, 0) is 16.4 Å². The molecule has 0 unspecified atom stereocenters. The molecular weight excluding hydrogens is 404 g/mol. The molecule has 1 saturated heterocycles. The quantitative estimate of drug-likeness (QED) is 0.749. The smallest absolute Gasteiger partial charge is 0.289 e. The molecule has 2 aromatic rings. The third-order valence-corrected chi connectivity index (χ3v) is 6.89. The van der Waals surface area contributed by atoms with Crippen molar-refractivity contribution in [3.8, 4) is 0 Å². The SMILES string of the molecule is Cc1c(C(=O)N2CCN(C)CC2)oc2c1/C(=N/NS(=O)(=O)c1ccccc1)CCC2. The summed E-state index contributed by atoms with van der Waals surface area (Å²) in [5.41, 5.74) is 2.09. The lowest BCUT2D eigenvalue weighted by molar-refractivity contribution is 0.0629. The Labute approximate surface area is 176 Å². The van der Waals surface area contributed by atoms with Gasteiger partial charge in [0.05, 0.1) is 10.6 Å². The first-order chi connectivity index (χ1) is 14.4. The molecule has 2 heterocycles. The summed E-state index contributed by atoms with van der Waals surface area (Å²) >= 11 is 0. The van der Waals surface area contributed by atoms with Crippen molar-refractivity contribution in [2.45, 2.75) is 31.1 Å². The van der Waals surface area contributed by atoms with Gasteiger partial charge in [0, 0.05) is 43.7 Å². The van der Waals surface area contributed by atoms with Crippen LogP contribution in [0.1, 0.15) is 40.3 Å². The van der Waals surface area contributed by atoms with Crippen LogP contribution >= 0.6 is 0 Å². The zero-order valence-corrected chi connectivity index (χ0v) is 18.0. The second-order valence-electron chi connectivity index (χ2n) is 7.77. The second-order valence-corrected chi connectivity index (χ2v) is 9.43. The van der Waals surface area contributed by atoms with Gasteiger partial charge in [-0.3, -0.25) is 4.79 Å². The van der Waals surface area contributed by atoms with Crippen LogP contribution in [0.15, 0.2) is 44.7 Å². The molecule has 0 spiro atoms. The molecule has 2 aliphatic rings. The summed E-state index contributed by atoms with van der Waals surface area (Å²) in [7, 11) is -1.72. The van der Waals surface area contributed by atoms with Gasteiger partial charge in [0.2, 0.25) is 0 Å². The molecule has 30 heavy (non-hydrogen) atoms. The molecule has 4 rings (SSSR count). The van der Waals surface area contributed by atoms with Crippen LogP contribution < -0.4 is 4.83 Å². The lowest BCUT2D eigenvalue weighted by Gasteiger charge is -2.31. The number of nitrogens with zero attached hydrogens (tertiary/aromatic N) is 3. The van der Waals surface area contributed by atoms with Gasteiger partial charge in [0.25, 0.3) is 15.9 Å². The number of hydrogen-bond donors (Lipinski definition) is 1. The van der Waals surface area contributed by atoms with Gasteiger partial charge < -0.3 is 14.2 Å². The molecule has 1 aliphatic heterocycles. The molecule has 1 amide bonds. The highest BCUT2D eigenvalue weighted by atomic mass is 32.2. The second kappa shape index (κ2) is 8.23. The molecule has 0 atom stereocenters. The number of piperazine rings is 1. The number of carbonyl (C=O) groups is 1. The van der Waals surface area contributed by atoms with Crippen molar-refractivity contribution in [2.24, 2.45) is 5.10 Å². The summed E-state index contributed by atoms with van der Waals surface area (Å²) < 4.78 is 31.0.